The van der Waals surface area contributed by atoms with Crippen LogP contribution in [0.25, 0.3) is 0 Å². The lowest BCUT2D eigenvalue weighted by Gasteiger charge is -2.19. The van der Waals surface area contributed by atoms with Gasteiger partial charge in [-0.1, -0.05) is 42.0 Å². The number of nitrogens with one attached hydrogen (secondary N) is 1. The summed E-state index contributed by atoms with van der Waals surface area (Å²) in [5.74, 6) is -2.62. The standard InChI is InChI=1S/C20H19F3N2O2/c1-12-7-9-13(10-8-12)14-11-25(2)19(27)17(14)18(26)24-16-6-4-3-5-15(16)20(21,22)23/h3-10,14,17H,11H2,1-2H3,(H,24,26)/t14-,17+/m1/s1. The van der Waals surface area contributed by atoms with Crippen molar-refractivity contribution in [3.05, 3.63) is 65.2 Å². The minimum atomic E-state index is -4.60. The summed E-state index contributed by atoms with van der Waals surface area (Å²) in [6.45, 7) is 2.26. The quantitative estimate of drug-likeness (QED) is 0.828. The Labute approximate surface area is 155 Å². The lowest BCUT2D eigenvalue weighted by molar-refractivity contribution is -0.137. The van der Waals surface area contributed by atoms with E-state index in [4.69, 9.17) is 0 Å². The van der Waals surface area contributed by atoms with Crippen LogP contribution in [0, 0.1) is 12.8 Å². The minimum Gasteiger partial charge on any atom is -0.344 e. The molecule has 2 aromatic rings. The van der Waals surface area contributed by atoms with E-state index in [9.17, 15) is 22.8 Å². The van der Waals surface area contributed by atoms with Crippen LogP contribution in [-0.2, 0) is 15.8 Å². The number of amides is 2. The third-order valence-corrected chi connectivity index (χ3v) is 4.79. The fourth-order valence-electron chi connectivity index (χ4n) is 3.36. The van der Waals surface area contributed by atoms with E-state index >= 15 is 0 Å². The van der Waals surface area contributed by atoms with E-state index in [0.717, 1.165) is 17.2 Å². The monoisotopic (exact) mass is 376 g/mol. The molecule has 1 aliphatic rings. The van der Waals surface area contributed by atoms with Crippen molar-refractivity contribution in [2.45, 2.75) is 19.0 Å². The van der Waals surface area contributed by atoms with Crippen molar-refractivity contribution in [3.63, 3.8) is 0 Å². The molecule has 2 aromatic carbocycles. The van der Waals surface area contributed by atoms with Crippen LogP contribution in [0.2, 0.25) is 0 Å². The Bertz CT molecular complexity index is 862. The number of hydrogen-bond donors (Lipinski definition) is 1. The van der Waals surface area contributed by atoms with Crippen LogP contribution in [0.1, 0.15) is 22.6 Å². The molecular weight excluding hydrogens is 357 g/mol. The first-order valence-electron chi connectivity index (χ1n) is 8.47. The Morgan fingerprint density at radius 1 is 1.11 bits per heavy atom. The molecule has 1 fully saturated rings. The Hall–Kier alpha value is -2.83. The van der Waals surface area contributed by atoms with Crippen molar-refractivity contribution < 1.29 is 22.8 Å². The first-order chi connectivity index (χ1) is 12.7. The molecule has 2 atom stereocenters. The lowest BCUT2D eigenvalue weighted by atomic mass is 9.87. The summed E-state index contributed by atoms with van der Waals surface area (Å²) in [6, 6.07) is 12.2. The van der Waals surface area contributed by atoms with Gasteiger partial charge in [-0.2, -0.15) is 13.2 Å². The zero-order chi connectivity index (χ0) is 19.8. The molecule has 27 heavy (non-hydrogen) atoms. The smallest absolute Gasteiger partial charge is 0.344 e. The summed E-state index contributed by atoms with van der Waals surface area (Å²) < 4.78 is 39.5. The number of hydrogen-bond acceptors (Lipinski definition) is 2. The predicted octanol–water partition coefficient (Wildman–Crippen LogP) is 3.82. The summed E-state index contributed by atoms with van der Waals surface area (Å²) in [5.41, 5.74) is 0.558. The molecule has 0 spiro atoms. The number of aryl methyl sites for hydroxylation is 1. The zero-order valence-corrected chi connectivity index (χ0v) is 14.9. The summed E-state index contributed by atoms with van der Waals surface area (Å²) in [7, 11) is 1.58. The van der Waals surface area contributed by atoms with Gasteiger partial charge in [0, 0.05) is 19.5 Å². The zero-order valence-electron chi connectivity index (χ0n) is 14.9. The van der Waals surface area contributed by atoms with Gasteiger partial charge in [-0.15, -0.1) is 0 Å². The molecule has 2 amide bonds. The summed E-state index contributed by atoms with van der Waals surface area (Å²) in [4.78, 5) is 26.7. The van der Waals surface area contributed by atoms with Crippen LogP contribution < -0.4 is 5.32 Å². The van der Waals surface area contributed by atoms with E-state index in [-0.39, 0.29) is 5.69 Å². The van der Waals surface area contributed by atoms with E-state index in [1.54, 1.807) is 7.05 Å². The van der Waals surface area contributed by atoms with Gasteiger partial charge in [0.15, 0.2) is 0 Å². The van der Waals surface area contributed by atoms with E-state index in [0.29, 0.717) is 6.54 Å². The van der Waals surface area contributed by atoms with Crippen LogP contribution in [0.15, 0.2) is 48.5 Å². The number of nitrogens with zero attached hydrogens (tertiary/aromatic N) is 1. The number of anilines is 1. The van der Waals surface area contributed by atoms with E-state index in [1.165, 1.54) is 23.1 Å². The van der Waals surface area contributed by atoms with Crippen molar-refractivity contribution >= 4 is 17.5 Å². The Morgan fingerprint density at radius 3 is 2.37 bits per heavy atom. The molecule has 142 valence electrons. The topological polar surface area (TPSA) is 49.4 Å². The van der Waals surface area contributed by atoms with Crippen LogP contribution in [0.4, 0.5) is 18.9 Å². The van der Waals surface area contributed by atoms with Crippen molar-refractivity contribution in [2.75, 3.05) is 18.9 Å². The van der Waals surface area contributed by atoms with Gasteiger partial charge in [-0.3, -0.25) is 9.59 Å². The molecule has 3 rings (SSSR count). The lowest BCUT2D eigenvalue weighted by Crippen LogP contribution is -2.33. The largest absolute Gasteiger partial charge is 0.418 e. The van der Waals surface area contributed by atoms with Gasteiger partial charge in [0.2, 0.25) is 11.8 Å². The highest BCUT2D eigenvalue weighted by atomic mass is 19.4. The molecule has 0 aromatic heterocycles. The highest BCUT2D eigenvalue weighted by molar-refractivity contribution is 6.08. The second-order valence-electron chi connectivity index (χ2n) is 6.75. The molecule has 0 radical (unpaired) electrons. The van der Waals surface area contributed by atoms with Crippen molar-refractivity contribution in [1.82, 2.24) is 4.90 Å². The SMILES string of the molecule is Cc1ccc([C@H]2CN(C)C(=O)[C@@H]2C(=O)Nc2ccccc2C(F)(F)F)cc1. The molecule has 1 aliphatic heterocycles. The number of carbonyl (C=O) groups is 2. The Morgan fingerprint density at radius 2 is 1.74 bits per heavy atom. The maximum atomic E-state index is 13.2. The number of alkyl halides is 3. The van der Waals surface area contributed by atoms with Gasteiger partial charge < -0.3 is 10.2 Å². The fourth-order valence-corrected chi connectivity index (χ4v) is 3.36. The first-order valence-corrected chi connectivity index (χ1v) is 8.47. The Balaban J connectivity index is 1.90. The molecule has 1 saturated heterocycles. The van der Waals surface area contributed by atoms with Crippen LogP contribution in [0.3, 0.4) is 0 Å². The molecule has 0 unspecified atom stereocenters. The molecular formula is C20H19F3N2O2. The highest BCUT2D eigenvalue weighted by Gasteiger charge is 2.44. The number of likely N-dealkylation sites (N-methyl/N-ethyl adjacent to an activating group) is 1. The second-order valence-corrected chi connectivity index (χ2v) is 6.75. The third kappa shape index (κ3) is 3.82. The van der Waals surface area contributed by atoms with Gasteiger partial charge >= 0.3 is 6.18 Å². The minimum absolute atomic E-state index is 0.334. The molecule has 1 N–H and O–H groups in total. The van der Waals surface area contributed by atoms with Gasteiger partial charge in [0.1, 0.15) is 5.92 Å². The van der Waals surface area contributed by atoms with Gasteiger partial charge in [-0.05, 0) is 24.6 Å². The van der Waals surface area contributed by atoms with E-state index in [2.05, 4.69) is 5.32 Å². The maximum absolute atomic E-state index is 13.2. The van der Waals surface area contributed by atoms with Crippen molar-refractivity contribution in [3.8, 4) is 0 Å². The normalized spacial score (nSPS) is 20.0. The number of likely N-dealkylation sites (tertiary alicyclic amines) is 1. The van der Waals surface area contributed by atoms with Crippen LogP contribution in [0.5, 0.6) is 0 Å². The second kappa shape index (κ2) is 7.06. The average molecular weight is 376 g/mol. The number of para-hydroxylation sites is 1. The van der Waals surface area contributed by atoms with Crippen molar-refractivity contribution in [2.24, 2.45) is 5.92 Å². The molecule has 0 aliphatic carbocycles. The predicted molar refractivity (Wildman–Crippen MR) is 95.1 cm³/mol. The first kappa shape index (κ1) is 18.9. The fraction of sp³-hybridized carbons (Fsp3) is 0.300. The van der Waals surface area contributed by atoms with Gasteiger partial charge in [-0.25, -0.2) is 0 Å². The molecule has 1 heterocycles. The number of benzene rings is 2. The molecule has 7 heteroatoms. The molecule has 4 nitrogen and oxygen atoms in total. The van der Waals surface area contributed by atoms with E-state index in [1.807, 2.05) is 31.2 Å². The third-order valence-electron chi connectivity index (χ3n) is 4.79. The van der Waals surface area contributed by atoms with Crippen LogP contribution in [-0.4, -0.2) is 30.3 Å². The van der Waals surface area contributed by atoms with Gasteiger partial charge in [0.25, 0.3) is 0 Å². The summed E-state index contributed by atoms with van der Waals surface area (Å²) in [6.07, 6.45) is -4.60. The summed E-state index contributed by atoms with van der Waals surface area (Å²) in [5, 5.41) is 2.31. The van der Waals surface area contributed by atoms with Crippen molar-refractivity contribution in [1.29, 1.82) is 0 Å². The molecule has 0 bridgehead atoms. The van der Waals surface area contributed by atoms with Gasteiger partial charge in [0.05, 0.1) is 11.3 Å². The molecule has 0 saturated carbocycles. The number of carbonyl (C=O) groups excluding carboxylic acids is 2. The van der Waals surface area contributed by atoms with Crippen LogP contribution >= 0.6 is 0 Å². The maximum Gasteiger partial charge on any atom is 0.418 e. The average Bonchev–Trinajstić information content (AvgIpc) is 2.90. The Kier molecular flexibility index (Phi) is 4.95. The number of rotatable bonds is 3. The highest BCUT2D eigenvalue weighted by Crippen LogP contribution is 2.37. The summed E-state index contributed by atoms with van der Waals surface area (Å²) >= 11 is 0. The number of halogens is 3. The van der Waals surface area contributed by atoms with E-state index < -0.39 is 35.4 Å².